The van der Waals surface area contributed by atoms with Gasteiger partial charge in [0.25, 0.3) is 10.0 Å². The molecule has 44 heavy (non-hydrogen) atoms. The molecule has 4 rings (SSSR count). The SMILES string of the molecule is CCCCNC(=O)C(Cc1ccccc1)N(Cc1ccccc1F)C(=O)CN(c1ccccc1C)S(=O)(=O)c1ccccc1. The quantitative estimate of drug-likeness (QED) is 0.179. The van der Waals surface area contributed by atoms with Crippen molar-refractivity contribution >= 4 is 27.5 Å². The zero-order chi connectivity index (χ0) is 31.5. The molecule has 0 spiro atoms. The first-order valence-corrected chi connectivity index (χ1v) is 16.1. The van der Waals surface area contributed by atoms with Gasteiger partial charge in [0.1, 0.15) is 18.4 Å². The molecule has 7 nitrogen and oxygen atoms in total. The summed E-state index contributed by atoms with van der Waals surface area (Å²) in [7, 11) is -4.20. The second-order valence-electron chi connectivity index (χ2n) is 10.6. The van der Waals surface area contributed by atoms with Crippen molar-refractivity contribution in [1.29, 1.82) is 0 Å². The number of rotatable bonds is 14. The number of hydrogen-bond donors (Lipinski definition) is 1. The van der Waals surface area contributed by atoms with Gasteiger partial charge in [0.2, 0.25) is 11.8 Å². The number of para-hydroxylation sites is 1. The number of carbonyl (C=O) groups is 2. The fourth-order valence-corrected chi connectivity index (χ4v) is 6.45. The number of aryl methyl sites for hydroxylation is 1. The van der Waals surface area contributed by atoms with Crippen LogP contribution in [0.2, 0.25) is 0 Å². The van der Waals surface area contributed by atoms with Crippen LogP contribution in [-0.2, 0) is 32.6 Å². The highest BCUT2D eigenvalue weighted by Gasteiger charge is 2.35. The second kappa shape index (κ2) is 15.3. The van der Waals surface area contributed by atoms with E-state index in [9.17, 15) is 22.4 Å². The molecule has 0 aliphatic heterocycles. The van der Waals surface area contributed by atoms with Gasteiger partial charge in [-0.2, -0.15) is 0 Å². The van der Waals surface area contributed by atoms with Crippen molar-refractivity contribution in [2.75, 3.05) is 17.4 Å². The van der Waals surface area contributed by atoms with E-state index in [1.807, 2.05) is 37.3 Å². The van der Waals surface area contributed by atoms with E-state index in [0.29, 0.717) is 17.8 Å². The summed E-state index contributed by atoms with van der Waals surface area (Å²) in [6.45, 7) is 3.38. The summed E-state index contributed by atoms with van der Waals surface area (Å²) in [6.07, 6.45) is 1.78. The van der Waals surface area contributed by atoms with Crippen LogP contribution >= 0.6 is 0 Å². The molecule has 0 aliphatic carbocycles. The van der Waals surface area contributed by atoms with Crippen molar-refractivity contribution in [2.45, 2.75) is 50.6 Å². The first-order chi connectivity index (χ1) is 21.2. The summed E-state index contributed by atoms with van der Waals surface area (Å²) >= 11 is 0. The van der Waals surface area contributed by atoms with Crippen molar-refractivity contribution in [3.05, 3.63) is 132 Å². The molecule has 0 fully saturated rings. The lowest BCUT2D eigenvalue weighted by molar-refractivity contribution is -0.140. The molecule has 2 amide bonds. The van der Waals surface area contributed by atoms with Gasteiger partial charge in [-0.15, -0.1) is 0 Å². The summed E-state index contributed by atoms with van der Waals surface area (Å²) in [5.74, 6) is -1.55. The maximum Gasteiger partial charge on any atom is 0.264 e. The van der Waals surface area contributed by atoms with Gasteiger partial charge >= 0.3 is 0 Å². The number of sulfonamides is 1. The molecule has 0 heterocycles. The smallest absolute Gasteiger partial charge is 0.264 e. The van der Waals surface area contributed by atoms with Crippen LogP contribution < -0.4 is 9.62 Å². The molecule has 0 saturated heterocycles. The molecule has 0 bridgehead atoms. The minimum atomic E-state index is -4.20. The number of halogens is 1. The lowest BCUT2D eigenvalue weighted by Crippen LogP contribution is -2.53. The minimum absolute atomic E-state index is 0.0230. The summed E-state index contributed by atoms with van der Waals surface area (Å²) in [5.41, 5.74) is 2.01. The van der Waals surface area contributed by atoms with E-state index in [1.54, 1.807) is 67.6 Å². The second-order valence-corrected chi connectivity index (χ2v) is 12.4. The molecule has 0 radical (unpaired) electrons. The number of benzene rings is 4. The topological polar surface area (TPSA) is 86.8 Å². The fourth-order valence-electron chi connectivity index (χ4n) is 4.95. The van der Waals surface area contributed by atoms with E-state index >= 15 is 0 Å². The maximum absolute atomic E-state index is 15.0. The van der Waals surface area contributed by atoms with Gasteiger partial charge in [-0.25, -0.2) is 12.8 Å². The Balaban J connectivity index is 1.80. The zero-order valence-electron chi connectivity index (χ0n) is 25.0. The van der Waals surface area contributed by atoms with E-state index in [-0.39, 0.29) is 29.3 Å². The van der Waals surface area contributed by atoms with Crippen LogP contribution in [0.15, 0.2) is 114 Å². The highest BCUT2D eigenvalue weighted by atomic mass is 32.2. The van der Waals surface area contributed by atoms with E-state index in [0.717, 1.165) is 22.7 Å². The minimum Gasteiger partial charge on any atom is -0.354 e. The highest BCUT2D eigenvalue weighted by Crippen LogP contribution is 2.27. The number of nitrogens with zero attached hydrogens (tertiary/aromatic N) is 2. The number of carbonyl (C=O) groups excluding carboxylic acids is 2. The highest BCUT2D eigenvalue weighted by molar-refractivity contribution is 7.92. The largest absolute Gasteiger partial charge is 0.354 e. The van der Waals surface area contributed by atoms with Crippen molar-refractivity contribution in [2.24, 2.45) is 0 Å². The van der Waals surface area contributed by atoms with Crippen LogP contribution in [0.4, 0.5) is 10.1 Å². The molecule has 4 aromatic rings. The number of unbranched alkanes of at least 4 members (excludes halogenated alkanes) is 1. The lowest BCUT2D eigenvalue weighted by atomic mass is 10.0. The molecular formula is C35H38FN3O4S. The van der Waals surface area contributed by atoms with Crippen LogP contribution in [0.3, 0.4) is 0 Å². The Kier molecular flexibility index (Phi) is 11.3. The Morgan fingerprint density at radius 3 is 2.11 bits per heavy atom. The Bertz CT molecular complexity index is 1650. The van der Waals surface area contributed by atoms with Crippen LogP contribution in [0, 0.1) is 12.7 Å². The predicted octanol–water partition coefficient (Wildman–Crippen LogP) is 5.89. The monoisotopic (exact) mass is 615 g/mol. The molecule has 1 unspecified atom stereocenters. The fraction of sp³-hybridized carbons (Fsp3) is 0.257. The predicted molar refractivity (Wildman–Crippen MR) is 171 cm³/mol. The molecule has 0 aromatic heterocycles. The third kappa shape index (κ3) is 8.11. The first kappa shape index (κ1) is 32.4. The molecule has 1 N–H and O–H groups in total. The van der Waals surface area contributed by atoms with E-state index in [4.69, 9.17) is 0 Å². The molecule has 230 valence electrons. The average Bonchev–Trinajstić information content (AvgIpc) is 3.03. The first-order valence-electron chi connectivity index (χ1n) is 14.7. The third-order valence-corrected chi connectivity index (χ3v) is 9.17. The lowest BCUT2D eigenvalue weighted by Gasteiger charge is -2.34. The van der Waals surface area contributed by atoms with Gasteiger partial charge in [0.15, 0.2) is 0 Å². The Labute approximate surface area is 259 Å². The third-order valence-electron chi connectivity index (χ3n) is 7.39. The molecule has 0 saturated carbocycles. The van der Waals surface area contributed by atoms with Crippen molar-refractivity contribution in [3.63, 3.8) is 0 Å². The summed E-state index contributed by atoms with van der Waals surface area (Å²) in [5, 5.41) is 2.93. The number of anilines is 1. The van der Waals surface area contributed by atoms with E-state index in [2.05, 4.69) is 5.32 Å². The molecule has 9 heteroatoms. The van der Waals surface area contributed by atoms with Gasteiger partial charge in [0, 0.05) is 25.1 Å². The van der Waals surface area contributed by atoms with Crippen LogP contribution in [0.25, 0.3) is 0 Å². The normalized spacial score (nSPS) is 11.9. The number of hydrogen-bond acceptors (Lipinski definition) is 4. The zero-order valence-corrected chi connectivity index (χ0v) is 25.8. The number of nitrogens with one attached hydrogen (secondary N) is 1. The molecular weight excluding hydrogens is 577 g/mol. The van der Waals surface area contributed by atoms with Gasteiger partial charge in [-0.1, -0.05) is 98.3 Å². The molecule has 4 aromatic carbocycles. The van der Waals surface area contributed by atoms with Gasteiger partial charge in [-0.3, -0.25) is 13.9 Å². The number of amides is 2. The molecule has 1 atom stereocenters. The summed E-state index contributed by atoms with van der Waals surface area (Å²) in [6, 6.07) is 29.1. The molecule has 0 aliphatic rings. The van der Waals surface area contributed by atoms with Crippen LogP contribution in [0.5, 0.6) is 0 Å². The summed E-state index contributed by atoms with van der Waals surface area (Å²) in [4.78, 5) is 29.5. The van der Waals surface area contributed by atoms with E-state index in [1.165, 1.54) is 23.1 Å². The Morgan fingerprint density at radius 2 is 1.45 bits per heavy atom. The van der Waals surface area contributed by atoms with Crippen molar-refractivity contribution in [1.82, 2.24) is 10.2 Å². The van der Waals surface area contributed by atoms with Gasteiger partial charge in [-0.05, 0) is 48.7 Å². The standard InChI is InChI=1S/C35H38FN3O4S/c1-3-4-23-37-35(41)33(24-28-16-7-5-8-17-28)38(25-29-18-12-13-21-31(29)36)34(40)26-39(32-22-14-11-15-27(32)2)44(42,43)30-19-9-6-10-20-30/h5-22,33H,3-4,23-26H2,1-2H3,(H,37,41). The van der Waals surface area contributed by atoms with Crippen LogP contribution in [0.1, 0.15) is 36.5 Å². The summed E-state index contributed by atoms with van der Waals surface area (Å²) < 4.78 is 44.2. The van der Waals surface area contributed by atoms with Gasteiger partial charge < -0.3 is 10.2 Å². The Hall–Kier alpha value is -4.50. The maximum atomic E-state index is 15.0. The van der Waals surface area contributed by atoms with Crippen LogP contribution in [-0.4, -0.2) is 44.3 Å². The van der Waals surface area contributed by atoms with Crippen molar-refractivity contribution < 1.29 is 22.4 Å². The van der Waals surface area contributed by atoms with Gasteiger partial charge in [0.05, 0.1) is 10.6 Å². The average molecular weight is 616 g/mol. The Morgan fingerprint density at radius 1 is 0.841 bits per heavy atom. The van der Waals surface area contributed by atoms with E-state index < -0.39 is 34.3 Å². The van der Waals surface area contributed by atoms with Crippen molar-refractivity contribution in [3.8, 4) is 0 Å².